The van der Waals surface area contributed by atoms with Gasteiger partial charge in [-0.3, -0.25) is 0 Å². The number of nitrogens with zero attached hydrogens (tertiary/aromatic N) is 2. The van der Waals surface area contributed by atoms with Gasteiger partial charge < -0.3 is 5.73 Å². The average Bonchev–Trinajstić information content (AvgIpc) is 2.08. The van der Waals surface area contributed by atoms with Crippen LogP contribution in [-0.2, 0) is 0 Å². The number of anilines is 1. The summed E-state index contributed by atoms with van der Waals surface area (Å²) in [6.07, 6.45) is 3.36. The molecule has 0 fully saturated rings. The first-order chi connectivity index (χ1) is 5.74. The van der Waals surface area contributed by atoms with Crippen molar-refractivity contribution in [1.82, 2.24) is 9.97 Å². The smallest absolute Gasteiger partial charge is 0.220 e. The molecule has 0 aliphatic rings. The van der Waals surface area contributed by atoms with Crippen LogP contribution in [0, 0.1) is 6.92 Å². The zero-order chi connectivity index (χ0) is 9.56. The zero-order valence-corrected chi connectivity index (χ0v) is 7.83. The predicted molar refractivity (Wildman–Crippen MR) is 52.6 cm³/mol. The van der Waals surface area contributed by atoms with E-state index in [1.165, 1.54) is 0 Å². The maximum absolute atomic E-state index is 5.33. The standard InChI is InChI=1S/C7H9N3.C2H6/c1-3-6-4-9-7(8)10-5(6)2;1-2/h3-4H,1H2,2H3,(H2,8,9,10);1-2H3. The van der Waals surface area contributed by atoms with Gasteiger partial charge in [-0.05, 0) is 6.92 Å². The van der Waals surface area contributed by atoms with Gasteiger partial charge in [0.25, 0.3) is 0 Å². The summed E-state index contributed by atoms with van der Waals surface area (Å²) in [5.74, 6) is 0.308. The molecule has 0 unspecified atom stereocenters. The number of hydrogen-bond acceptors (Lipinski definition) is 3. The SMILES string of the molecule is C=Cc1cnc(N)nc1C.CC. The molecule has 3 heteroatoms. The highest BCUT2D eigenvalue weighted by Gasteiger charge is 1.94. The Morgan fingerprint density at radius 1 is 1.50 bits per heavy atom. The number of aromatic nitrogens is 2. The lowest BCUT2D eigenvalue weighted by atomic mass is 10.2. The van der Waals surface area contributed by atoms with Gasteiger partial charge in [-0.2, -0.15) is 0 Å². The third-order valence-electron chi connectivity index (χ3n) is 1.26. The van der Waals surface area contributed by atoms with Crippen molar-refractivity contribution >= 4 is 12.0 Å². The number of aryl methyl sites for hydroxylation is 1. The van der Waals surface area contributed by atoms with Gasteiger partial charge in [-0.25, -0.2) is 9.97 Å². The maximum atomic E-state index is 5.33. The number of nitrogens with two attached hydrogens (primary N) is 1. The Labute approximate surface area is 73.4 Å². The fourth-order valence-electron chi connectivity index (χ4n) is 0.695. The van der Waals surface area contributed by atoms with Crippen LogP contribution in [0.25, 0.3) is 6.08 Å². The lowest BCUT2D eigenvalue weighted by Gasteiger charge is -1.97. The highest BCUT2D eigenvalue weighted by molar-refractivity contribution is 5.48. The van der Waals surface area contributed by atoms with Crippen molar-refractivity contribution in [3.8, 4) is 0 Å². The van der Waals surface area contributed by atoms with E-state index in [4.69, 9.17) is 5.73 Å². The lowest BCUT2D eigenvalue weighted by molar-refractivity contribution is 1.11. The monoisotopic (exact) mass is 165 g/mol. The summed E-state index contributed by atoms with van der Waals surface area (Å²) in [5.41, 5.74) is 7.11. The molecule has 0 amide bonds. The van der Waals surface area contributed by atoms with Crippen LogP contribution in [0.3, 0.4) is 0 Å². The van der Waals surface area contributed by atoms with Crippen LogP contribution in [0.15, 0.2) is 12.8 Å². The molecule has 1 heterocycles. The van der Waals surface area contributed by atoms with Gasteiger partial charge in [0.1, 0.15) is 0 Å². The zero-order valence-electron chi connectivity index (χ0n) is 7.83. The first-order valence-electron chi connectivity index (χ1n) is 3.95. The van der Waals surface area contributed by atoms with Crippen LogP contribution in [-0.4, -0.2) is 9.97 Å². The second-order valence-corrected chi connectivity index (χ2v) is 1.97. The molecule has 3 nitrogen and oxygen atoms in total. The van der Waals surface area contributed by atoms with E-state index in [1.54, 1.807) is 12.3 Å². The van der Waals surface area contributed by atoms with E-state index < -0.39 is 0 Å². The molecule has 0 aromatic carbocycles. The molecule has 66 valence electrons. The highest BCUT2D eigenvalue weighted by Crippen LogP contribution is 2.04. The summed E-state index contributed by atoms with van der Waals surface area (Å²) in [7, 11) is 0. The molecule has 0 spiro atoms. The van der Waals surface area contributed by atoms with Crippen LogP contribution in [0.5, 0.6) is 0 Å². The molecular weight excluding hydrogens is 150 g/mol. The first-order valence-corrected chi connectivity index (χ1v) is 3.95. The summed E-state index contributed by atoms with van der Waals surface area (Å²) in [5, 5.41) is 0. The largest absolute Gasteiger partial charge is 0.368 e. The molecule has 0 radical (unpaired) electrons. The Hall–Kier alpha value is -1.38. The van der Waals surface area contributed by atoms with E-state index in [0.717, 1.165) is 11.3 Å². The Morgan fingerprint density at radius 2 is 2.08 bits per heavy atom. The second kappa shape index (κ2) is 5.29. The van der Waals surface area contributed by atoms with Gasteiger partial charge in [-0.15, -0.1) is 0 Å². The molecule has 0 saturated heterocycles. The van der Waals surface area contributed by atoms with Crippen LogP contribution in [0.1, 0.15) is 25.1 Å². The molecule has 2 N–H and O–H groups in total. The number of rotatable bonds is 1. The van der Waals surface area contributed by atoms with Crippen molar-refractivity contribution < 1.29 is 0 Å². The van der Waals surface area contributed by atoms with E-state index >= 15 is 0 Å². The fourth-order valence-corrected chi connectivity index (χ4v) is 0.695. The summed E-state index contributed by atoms with van der Waals surface area (Å²) < 4.78 is 0. The minimum Gasteiger partial charge on any atom is -0.368 e. The molecule has 1 rings (SSSR count). The Morgan fingerprint density at radius 3 is 2.50 bits per heavy atom. The summed E-state index contributed by atoms with van der Waals surface area (Å²) >= 11 is 0. The van der Waals surface area contributed by atoms with Gasteiger partial charge in [0.05, 0.1) is 5.69 Å². The minimum atomic E-state index is 0.308. The van der Waals surface area contributed by atoms with E-state index in [-0.39, 0.29) is 0 Å². The highest BCUT2D eigenvalue weighted by atomic mass is 15.0. The Bertz CT molecular complexity index is 256. The topological polar surface area (TPSA) is 51.8 Å². The van der Waals surface area contributed by atoms with E-state index in [1.807, 2.05) is 20.8 Å². The van der Waals surface area contributed by atoms with Crippen molar-refractivity contribution in [2.24, 2.45) is 0 Å². The Kier molecular flexibility index (Phi) is 4.69. The van der Waals surface area contributed by atoms with Crippen molar-refractivity contribution in [3.63, 3.8) is 0 Å². The molecule has 1 aromatic heterocycles. The quantitative estimate of drug-likeness (QED) is 0.692. The van der Waals surface area contributed by atoms with Crippen molar-refractivity contribution in [2.75, 3.05) is 5.73 Å². The number of nitrogen functional groups attached to an aromatic ring is 1. The Balaban J connectivity index is 0.000000561. The van der Waals surface area contributed by atoms with Crippen LogP contribution in [0.2, 0.25) is 0 Å². The molecule has 0 saturated carbocycles. The second-order valence-electron chi connectivity index (χ2n) is 1.97. The van der Waals surface area contributed by atoms with Gasteiger partial charge >= 0.3 is 0 Å². The molecule has 0 atom stereocenters. The van der Waals surface area contributed by atoms with Crippen molar-refractivity contribution in [3.05, 3.63) is 24.0 Å². The predicted octanol–water partition coefficient (Wildman–Crippen LogP) is 2.04. The third-order valence-corrected chi connectivity index (χ3v) is 1.26. The maximum Gasteiger partial charge on any atom is 0.220 e. The van der Waals surface area contributed by atoms with Gasteiger partial charge in [-0.1, -0.05) is 26.5 Å². The van der Waals surface area contributed by atoms with Crippen molar-refractivity contribution in [2.45, 2.75) is 20.8 Å². The molecule has 0 bridgehead atoms. The van der Waals surface area contributed by atoms with Crippen molar-refractivity contribution in [1.29, 1.82) is 0 Å². The van der Waals surface area contributed by atoms with Gasteiger partial charge in [0.15, 0.2) is 0 Å². The van der Waals surface area contributed by atoms with Gasteiger partial charge in [0.2, 0.25) is 5.95 Å². The normalized spacial score (nSPS) is 8.25. The third kappa shape index (κ3) is 2.70. The molecule has 0 aliphatic heterocycles. The average molecular weight is 165 g/mol. The lowest BCUT2D eigenvalue weighted by Crippen LogP contribution is -1.97. The summed E-state index contributed by atoms with van der Waals surface area (Å²) in [6.45, 7) is 9.47. The molecule has 12 heavy (non-hydrogen) atoms. The molecular formula is C9H15N3. The van der Waals surface area contributed by atoms with Crippen LogP contribution < -0.4 is 5.73 Å². The molecule has 1 aromatic rings. The minimum absolute atomic E-state index is 0.308. The van der Waals surface area contributed by atoms with E-state index in [0.29, 0.717) is 5.95 Å². The number of hydrogen-bond donors (Lipinski definition) is 1. The first kappa shape index (κ1) is 10.6. The summed E-state index contributed by atoms with van der Waals surface area (Å²) in [4.78, 5) is 7.75. The fraction of sp³-hybridized carbons (Fsp3) is 0.333. The molecule has 0 aliphatic carbocycles. The van der Waals surface area contributed by atoms with Gasteiger partial charge in [0, 0.05) is 11.8 Å². The van der Waals surface area contributed by atoms with E-state index in [2.05, 4.69) is 16.5 Å². The van der Waals surface area contributed by atoms with Crippen LogP contribution in [0.4, 0.5) is 5.95 Å². The summed E-state index contributed by atoms with van der Waals surface area (Å²) in [6, 6.07) is 0. The van der Waals surface area contributed by atoms with E-state index in [9.17, 15) is 0 Å². The van der Waals surface area contributed by atoms with Crippen LogP contribution >= 0.6 is 0 Å².